The Morgan fingerprint density at radius 2 is 2.17 bits per heavy atom. The lowest BCUT2D eigenvalue weighted by atomic mass is 9.85. The van der Waals surface area contributed by atoms with Crippen molar-refractivity contribution in [2.45, 2.75) is 51.9 Å². The topological polar surface area (TPSA) is 42.4 Å². The van der Waals surface area contributed by atoms with Crippen molar-refractivity contribution in [1.82, 2.24) is 9.88 Å². The van der Waals surface area contributed by atoms with Crippen molar-refractivity contribution in [1.29, 1.82) is 0 Å². The fourth-order valence-corrected chi connectivity index (χ4v) is 3.49. The van der Waals surface area contributed by atoms with Crippen molar-refractivity contribution in [2.75, 3.05) is 26.7 Å². The molecule has 0 amide bonds. The smallest absolute Gasteiger partial charge is 0.216 e. The van der Waals surface area contributed by atoms with Gasteiger partial charge in [0.05, 0.1) is 5.41 Å². The summed E-state index contributed by atoms with van der Waals surface area (Å²) in [4.78, 5) is 19.4. The first-order chi connectivity index (χ1) is 11.5. The largest absolute Gasteiger partial charge is 0.476 e. The number of ketones is 1. The van der Waals surface area contributed by atoms with Crippen molar-refractivity contribution in [3.05, 3.63) is 23.9 Å². The molecule has 2 heterocycles. The van der Waals surface area contributed by atoms with Gasteiger partial charge in [-0.3, -0.25) is 4.79 Å². The number of carbonyl (C=O) groups is 1. The molecule has 0 unspecified atom stereocenters. The van der Waals surface area contributed by atoms with Crippen LogP contribution in [0, 0.1) is 11.3 Å². The number of Topliss-reactive ketones (excluding diaryl/α,β-unsaturated/α-hetero) is 1. The molecule has 132 valence electrons. The van der Waals surface area contributed by atoms with Crippen LogP contribution in [-0.2, 0) is 4.79 Å². The number of pyridine rings is 1. The van der Waals surface area contributed by atoms with E-state index < -0.39 is 5.41 Å². The molecule has 1 saturated carbocycles. The molecule has 4 nitrogen and oxygen atoms in total. The summed E-state index contributed by atoms with van der Waals surface area (Å²) in [5.41, 5.74) is 0.748. The summed E-state index contributed by atoms with van der Waals surface area (Å²) in [6.07, 6.45) is 7.10. The lowest BCUT2D eigenvalue weighted by molar-refractivity contribution is -0.128. The van der Waals surface area contributed by atoms with Crippen LogP contribution in [0.2, 0.25) is 0 Å². The molecule has 1 aliphatic carbocycles. The fraction of sp³-hybridized carbons (Fsp3) is 0.700. The zero-order valence-corrected chi connectivity index (χ0v) is 15.3. The van der Waals surface area contributed by atoms with Gasteiger partial charge in [-0.2, -0.15) is 0 Å². The van der Waals surface area contributed by atoms with Crippen LogP contribution in [0.1, 0.15) is 57.4 Å². The van der Waals surface area contributed by atoms with Gasteiger partial charge in [0.1, 0.15) is 12.4 Å². The Labute approximate surface area is 145 Å². The maximum absolute atomic E-state index is 12.6. The molecule has 2 fully saturated rings. The van der Waals surface area contributed by atoms with E-state index in [1.807, 2.05) is 19.9 Å². The van der Waals surface area contributed by atoms with E-state index in [-0.39, 0.29) is 0 Å². The van der Waals surface area contributed by atoms with Gasteiger partial charge < -0.3 is 9.64 Å². The molecule has 1 atom stereocenters. The minimum atomic E-state index is -0.456. The van der Waals surface area contributed by atoms with E-state index in [9.17, 15) is 4.79 Å². The van der Waals surface area contributed by atoms with E-state index in [1.165, 1.54) is 24.8 Å². The first-order valence-corrected chi connectivity index (χ1v) is 9.25. The van der Waals surface area contributed by atoms with E-state index in [1.54, 1.807) is 6.20 Å². The summed E-state index contributed by atoms with van der Waals surface area (Å²) >= 11 is 0. The number of rotatable bonds is 8. The molecule has 1 aromatic heterocycles. The van der Waals surface area contributed by atoms with E-state index in [0.717, 1.165) is 25.4 Å². The monoisotopic (exact) mass is 330 g/mol. The molecule has 1 saturated heterocycles. The third-order valence-corrected chi connectivity index (χ3v) is 5.41. The standard InChI is InChI=1S/C20H30N2O2/c1-20(2,18(23)9-6-15-10-12-22(3)13-15)14-24-19-17(16-7-8-16)5-4-11-21-19/h4-5,11,15-16H,6-10,12-14H2,1-3H3/t15-/m1/s1. The number of ether oxygens (including phenoxy) is 1. The fourth-order valence-electron chi connectivity index (χ4n) is 3.49. The van der Waals surface area contributed by atoms with E-state index >= 15 is 0 Å². The Morgan fingerprint density at radius 3 is 2.83 bits per heavy atom. The minimum Gasteiger partial charge on any atom is -0.476 e. The average Bonchev–Trinajstić information content (AvgIpc) is 3.33. The van der Waals surface area contributed by atoms with Gasteiger partial charge in [-0.15, -0.1) is 0 Å². The Bertz CT molecular complexity index is 581. The zero-order chi connectivity index (χ0) is 17.2. The Kier molecular flexibility index (Phi) is 5.24. The van der Waals surface area contributed by atoms with Gasteiger partial charge in [-0.1, -0.05) is 6.07 Å². The number of hydrogen-bond acceptors (Lipinski definition) is 4. The molecule has 1 aliphatic heterocycles. The zero-order valence-electron chi connectivity index (χ0n) is 15.3. The Balaban J connectivity index is 1.50. The van der Waals surface area contributed by atoms with Crippen molar-refractivity contribution < 1.29 is 9.53 Å². The first kappa shape index (κ1) is 17.4. The summed E-state index contributed by atoms with van der Waals surface area (Å²) < 4.78 is 5.97. The summed E-state index contributed by atoms with van der Waals surface area (Å²) in [6.45, 7) is 6.69. The second-order valence-corrected chi connectivity index (χ2v) is 8.22. The third-order valence-electron chi connectivity index (χ3n) is 5.41. The summed E-state index contributed by atoms with van der Waals surface area (Å²) in [5.74, 6) is 2.30. The van der Waals surface area contributed by atoms with Crippen LogP contribution in [0.5, 0.6) is 5.88 Å². The van der Waals surface area contributed by atoms with Gasteiger partial charge in [-0.25, -0.2) is 4.98 Å². The lowest BCUT2D eigenvalue weighted by Gasteiger charge is -2.24. The highest BCUT2D eigenvalue weighted by Gasteiger charge is 2.32. The molecule has 0 spiro atoms. The molecule has 0 radical (unpaired) electrons. The maximum Gasteiger partial charge on any atom is 0.216 e. The predicted molar refractivity (Wildman–Crippen MR) is 95.3 cm³/mol. The Hall–Kier alpha value is -1.42. The average molecular weight is 330 g/mol. The van der Waals surface area contributed by atoms with Gasteiger partial charge in [0, 0.05) is 24.7 Å². The second kappa shape index (κ2) is 7.22. The normalized spacial score (nSPS) is 21.9. The highest BCUT2D eigenvalue weighted by molar-refractivity contribution is 5.84. The number of likely N-dealkylation sites (tertiary alicyclic amines) is 1. The van der Waals surface area contributed by atoms with E-state index in [2.05, 4.69) is 23.0 Å². The lowest BCUT2D eigenvalue weighted by Crippen LogP contribution is -2.31. The van der Waals surface area contributed by atoms with E-state index in [0.29, 0.717) is 30.6 Å². The predicted octanol–water partition coefficient (Wildman–Crippen LogP) is 3.67. The van der Waals surface area contributed by atoms with Crippen molar-refractivity contribution in [3.63, 3.8) is 0 Å². The molecular formula is C20H30N2O2. The van der Waals surface area contributed by atoms with Crippen molar-refractivity contribution in [2.24, 2.45) is 11.3 Å². The number of hydrogen-bond donors (Lipinski definition) is 0. The van der Waals surface area contributed by atoms with Crippen LogP contribution >= 0.6 is 0 Å². The summed E-state index contributed by atoms with van der Waals surface area (Å²) in [5, 5.41) is 0. The molecule has 0 aromatic carbocycles. The Morgan fingerprint density at radius 1 is 1.38 bits per heavy atom. The highest BCUT2D eigenvalue weighted by Crippen LogP contribution is 2.43. The quantitative estimate of drug-likeness (QED) is 0.729. The maximum atomic E-state index is 12.6. The third kappa shape index (κ3) is 4.35. The van der Waals surface area contributed by atoms with Crippen LogP contribution < -0.4 is 4.74 Å². The SMILES string of the molecule is CN1CC[C@@H](CCC(=O)C(C)(C)COc2ncccc2C2CC2)C1. The van der Waals surface area contributed by atoms with Gasteiger partial charge in [0.25, 0.3) is 0 Å². The van der Waals surface area contributed by atoms with Crippen LogP contribution in [0.3, 0.4) is 0 Å². The van der Waals surface area contributed by atoms with Crippen LogP contribution in [0.4, 0.5) is 0 Å². The highest BCUT2D eigenvalue weighted by atomic mass is 16.5. The van der Waals surface area contributed by atoms with Crippen LogP contribution in [0.15, 0.2) is 18.3 Å². The van der Waals surface area contributed by atoms with Gasteiger partial charge in [-0.05, 0) is 71.0 Å². The summed E-state index contributed by atoms with van der Waals surface area (Å²) in [7, 11) is 2.16. The number of aromatic nitrogens is 1. The van der Waals surface area contributed by atoms with Crippen molar-refractivity contribution >= 4 is 5.78 Å². The summed E-state index contributed by atoms with van der Waals surface area (Å²) in [6, 6.07) is 4.07. The van der Waals surface area contributed by atoms with Crippen LogP contribution in [0.25, 0.3) is 0 Å². The molecule has 0 N–H and O–H groups in total. The molecular weight excluding hydrogens is 300 g/mol. The molecule has 4 heteroatoms. The number of carbonyl (C=O) groups excluding carboxylic acids is 1. The van der Waals surface area contributed by atoms with Gasteiger partial charge in [0.15, 0.2) is 0 Å². The first-order valence-electron chi connectivity index (χ1n) is 9.25. The second-order valence-electron chi connectivity index (χ2n) is 8.22. The molecule has 0 bridgehead atoms. The molecule has 1 aromatic rings. The van der Waals surface area contributed by atoms with Crippen LogP contribution in [-0.4, -0.2) is 42.4 Å². The van der Waals surface area contributed by atoms with Crippen molar-refractivity contribution in [3.8, 4) is 5.88 Å². The molecule has 24 heavy (non-hydrogen) atoms. The van der Waals surface area contributed by atoms with E-state index in [4.69, 9.17) is 4.74 Å². The number of nitrogens with zero attached hydrogens (tertiary/aromatic N) is 2. The minimum absolute atomic E-state index is 0.306. The molecule has 2 aliphatic rings. The molecule has 3 rings (SSSR count). The van der Waals surface area contributed by atoms with Gasteiger partial charge in [0.2, 0.25) is 5.88 Å². The van der Waals surface area contributed by atoms with Gasteiger partial charge >= 0.3 is 0 Å².